The third-order valence-electron chi connectivity index (χ3n) is 3.86. The maximum Gasteiger partial charge on any atom is 0.283 e. The fraction of sp³-hybridized carbons (Fsp3) is 0.429. The van der Waals surface area contributed by atoms with E-state index in [-0.39, 0.29) is 6.61 Å². The number of halogens is 2. The number of hydrogen-bond donors (Lipinski definition) is 2. The molecule has 1 fully saturated rings. The van der Waals surface area contributed by atoms with Crippen LogP contribution in [-0.4, -0.2) is 28.9 Å². The number of rotatable bonds is 2. The molecular weight excluding hydrogens is 331 g/mol. The lowest BCUT2D eigenvalue weighted by atomic mass is 10.1. The van der Waals surface area contributed by atoms with Crippen LogP contribution in [0.1, 0.15) is 13.3 Å². The first-order chi connectivity index (χ1) is 10.3. The van der Waals surface area contributed by atoms with Gasteiger partial charge >= 0.3 is 0 Å². The van der Waals surface area contributed by atoms with Crippen molar-refractivity contribution in [3.05, 3.63) is 24.3 Å². The molecule has 1 aliphatic carbocycles. The quantitative estimate of drug-likeness (QED) is 0.630. The molecular formula is C14H14Cl2N2O4. The van der Waals surface area contributed by atoms with Crippen molar-refractivity contribution in [3.63, 3.8) is 0 Å². The molecule has 2 N–H and O–H groups in total. The van der Waals surface area contributed by atoms with Crippen molar-refractivity contribution in [2.24, 2.45) is 5.41 Å². The summed E-state index contributed by atoms with van der Waals surface area (Å²) >= 11 is 11.8. The van der Waals surface area contributed by atoms with Crippen molar-refractivity contribution in [2.45, 2.75) is 23.8 Å². The van der Waals surface area contributed by atoms with Crippen molar-refractivity contribution in [1.29, 1.82) is 0 Å². The Morgan fingerprint density at radius 3 is 2.50 bits per heavy atom. The van der Waals surface area contributed by atoms with Gasteiger partial charge in [-0.05, 0) is 25.5 Å². The van der Waals surface area contributed by atoms with Gasteiger partial charge in [0, 0.05) is 0 Å². The zero-order chi connectivity index (χ0) is 16.0. The Labute approximate surface area is 137 Å². The molecule has 118 valence electrons. The normalized spacial score (nSPS) is 27.7. The molecule has 8 heteroatoms. The molecule has 0 unspecified atom stereocenters. The topological polar surface area (TPSA) is 76.7 Å². The second-order valence-corrected chi connectivity index (χ2v) is 7.00. The van der Waals surface area contributed by atoms with E-state index in [1.54, 1.807) is 25.1 Å². The molecule has 6 nitrogen and oxygen atoms in total. The van der Waals surface area contributed by atoms with E-state index in [9.17, 15) is 9.59 Å². The predicted molar refractivity (Wildman–Crippen MR) is 79.8 cm³/mol. The minimum absolute atomic E-state index is 0.0605. The van der Waals surface area contributed by atoms with Gasteiger partial charge in [-0.2, -0.15) is 0 Å². The lowest BCUT2D eigenvalue weighted by molar-refractivity contribution is -0.136. The van der Waals surface area contributed by atoms with Gasteiger partial charge in [0.15, 0.2) is 11.5 Å². The molecule has 0 bridgehead atoms. The average Bonchev–Trinajstić information content (AvgIpc) is 3.03. The average molecular weight is 345 g/mol. The van der Waals surface area contributed by atoms with Crippen molar-refractivity contribution in [2.75, 3.05) is 6.61 Å². The van der Waals surface area contributed by atoms with E-state index in [1.807, 2.05) is 6.07 Å². The third-order valence-corrected chi connectivity index (χ3v) is 4.96. The minimum atomic E-state index is -1.09. The summed E-state index contributed by atoms with van der Waals surface area (Å²) in [6.07, 6.45) is -0.514. The van der Waals surface area contributed by atoms with Gasteiger partial charge < -0.3 is 9.47 Å². The number of carbonyl (C=O) groups excluding carboxylic acids is 2. The number of benzene rings is 1. The van der Waals surface area contributed by atoms with Crippen molar-refractivity contribution < 1.29 is 19.1 Å². The standard InChI is InChI=1S/C14H14Cl2N2O4/c1-13(7-14(13,15)16)12(20)18-17-11(19)10-6-21-8-4-2-3-5-9(8)22-10/h2-5,10H,6-7H2,1H3,(H,17,19)(H,18,20)/t10-,13-/m1/s1. The van der Waals surface area contributed by atoms with Crippen LogP contribution in [0.15, 0.2) is 24.3 Å². The number of para-hydroxylation sites is 2. The van der Waals surface area contributed by atoms with Crippen LogP contribution in [0.4, 0.5) is 0 Å². The molecule has 3 rings (SSSR count). The van der Waals surface area contributed by atoms with E-state index >= 15 is 0 Å². The van der Waals surface area contributed by atoms with Crippen LogP contribution in [0, 0.1) is 5.41 Å². The maximum absolute atomic E-state index is 12.0. The molecule has 1 saturated carbocycles. The summed E-state index contributed by atoms with van der Waals surface area (Å²) in [5.41, 5.74) is 3.72. The summed E-state index contributed by atoms with van der Waals surface area (Å²) in [5.74, 6) is 0.106. The maximum atomic E-state index is 12.0. The first-order valence-electron chi connectivity index (χ1n) is 6.70. The molecule has 2 amide bonds. The Balaban J connectivity index is 1.55. The SMILES string of the molecule is C[C@]1(C(=O)NNC(=O)[C@H]2COc3ccccc3O2)CC1(Cl)Cl. The Hall–Kier alpha value is -1.66. The van der Waals surface area contributed by atoms with E-state index in [0.29, 0.717) is 17.9 Å². The van der Waals surface area contributed by atoms with Gasteiger partial charge in [0.25, 0.3) is 5.91 Å². The molecule has 22 heavy (non-hydrogen) atoms. The highest BCUT2D eigenvalue weighted by atomic mass is 35.5. The number of carbonyl (C=O) groups is 2. The minimum Gasteiger partial charge on any atom is -0.485 e. The number of hydrazine groups is 1. The van der Waals surface area contributed by atoms with E-state index < -0.39 is 27.7 Å². The number of alkyl halides is 2. The van der Waals surface area contributed by atoms with Crippen LogP contribution in [0.2, 0.25) is 0 Å². The zero-order valence-electron chi connectivity index (χ0n) is 11.7. The molecule has 2 aliphatic rings. The Morgan fingerprint density at radius 2 is 1.86 bits per heavy atom. The molecule has 1 aromatic rings. The van der Waals surface area contributed by atoms with Crippen LogP contribution in [0.5, 0.6) is 11.5 Å². The second kappa shape index (κ2) is 5.21. The van der Waals surface area contributed by atoms with E-state index in [1.165, 1.54) is 0 Å². The number of ether oxygens (including phenoxy) is 2. The second-order valence-electron chi connectivity index (χ2n) is 5.52. The first-order valence-corrected chi connectivity index (χ1v) is 7.46. The molecule has 0 saturated heterocycles. The molecule has 1 aromatic carbocycles. The van der Waals surface area contributed by atoms with Crippen LogP contribution in [-0.2, 0) is 9.59 Å². The lowest BCUT2D eigenvalue weighted by Gasteiger charge is -2.25. The van der Waals surface area contributed by atoms with Crippen molar-refractivity contribution in [1.82, 2.24) is 10.9 Å². The smallest absolute Gasteiger partial charge is 0.283 e. The summed E-state index contributed by atoms with van der Waals surface area (Å²) in [5, 5.41) is 0. The van der Waals surface area contributed by atoms with Crippen molar-refractivity contribution in [3.8, 4) is 11.5 Å². The molecule has 2 atom stereocenters. The van der Waals surface area contributed by atoms with Crippen LogP contribution in [0.3, 0.4) is 0 Å². The molecule has 1 heterocycles. The summed E-state index contributed by atoms with van der Waals surface area (Å²) in [6.45, 7) is 1.69. The van der Waals surface area contributed by atoms with Gasteiger partial charge in [0.2, 0.25) is 12.0 Å². The largest absolute Gasteiger partial charge is 0.485 e. The molecule has 0 radical (unpaired) electrons. The molecule has 1 aliphatic heterocycles. The van der Waals surface area contributed by atoms with Crippen molar-refractivity contribution >= 4 is 35.0 Å². The van der Waals surface area contributed by atoms with Crippen LogP contribution in [0.25, 0.3) is 0 Å². The number of nitrogens with one attached hydrogen (secondary N) is 2. The number of amides is 2. The summed E-state index contributed by atoms with van der Waals surface area (Å²) < 4.78 is 9.87. The predicted octanol–water partition coefficient (Wildman–Crippen LogP) is 1.56. The van der Waals surface area contributed by atoms with E-state index in [0.717, 1.165) is 0 Å². The summed E-state index contributed by atoms with van der Waals surface area (Å²) in [6, 6.07) is 7.04. The molecule has 0 aromatic heterocycles. The van der Waals surface area contributed by atoms with Gasteiger partial charge in [0.1, 0.15) is 10.9 Å². The zero-order valence-corrected chi connectivity index (χ0v) is 13.2. The number of fused-ring (bicyclic) bond motifs is 1. The van der Waals surface area contributed by atoms with E-state index in [4.69, 9.17) is 32.7 Å². The first kappa shape index (κ1) is 15.2. The number of hydrogen-bond acceptors (Lipinski definition) is 4. The Kier molecular flexibility index (Phi) is 3.61. The fourth-order valence-corrected chi connectivity index (χ4v) is 2.84. The summed E-state index contributed by atoms with van der Waals surface area (Å²) in [7, 11) is 0. The highest BCUT2D eigenvalue weighted by Crippen LogP contribution is 2.63. The monoisotopic (exact) mass is 344 g/mol. The van der Waals surface area contributed by atoms with Crippen LogP contribution < -0.4 is 20.3 Å². The Morgan fingerprint density at radius 1 is 1.23 bits per heavy atom. The summed E-state index contributed by atoms with van der Waals surface area (Å²) in [4.78, 5) is 24.0. The van der Waals surface area contributed by atoms with E-state index in [2.05, 4.69) is 10.9 Å². The highest BCUT2D eigenvalue weighted by molar-refractivity contribution is 6.53. The van der Waals surface area contributed by atoms with Gasteiger partial charge in [-0.15, -0.1) is 23.2 Å². The van der Waals surface area contributed by atoms with Gasteiger partial charge in [-0.3, -0.25) is 20.4 Å². The van der Waals surface area contributed by atoms with Gasteiger partial charge in [-0.25, -0.2) is 0 Å². The highest BCUT2D eigenvalue weighted by Gasteiger charge is 2.68. The fourth-order valence-electron chi connectivity index (χ4n) is 2.13. The lowest BCUT2D eigenvalue weighted by Crippen LogP contribution is -2.52. The molecule has 0 spiro atoms. The third kappa shape index (κ3) is 2.57. The van der Waals surface area contributed by atoms with Crippen LogP contribution >= 0.6 is 23.2 Å². The van der Waals surface area contributed by atoms with Gasteiger partial charge in [0.05, 0.1) is 5.41 Å². The van der Waals surface area contributed by atoms with Gasteiger partial charge in [-0.1, -0.05) is 12.1 Å². The Bertz CT molecular complexity index is 637.